The van der Waals surface area contributed by atoms with Gasteiger partial charge < -0.3 is 31.5 Å². The van der Waals surface area contributed by atoms with E-state index in [4.69, 9.17) is 21.0 Å². The molecule has 2 unspecified atom stereocenters. The summed E-state index contributed by atoms with van der Waals surface area (Å²) in [5.41, 5.74) is 11.2. The van der Waals surface area contributed by atoms with Crippen molar-refractivity contribution in [3.63, 3.8) is 0 Å². The van der Waals surface area contributed by atoms with Crippen molar-refractivity contribution in [1.29, 1.82) is 0 Å². The number of aromatic nitrogens is 6. The fourth-order valence-corrected chi connectivity index (χ4v) is 6.78. The van der Waals surface area contributed by atoms with E-state index in [1.165, 1.54) is 30.4 Å². The first-order chi connectivity index (χ1) is 21.2. The number of esters is 1. The van der Waals surface area contributed by atoms with Gasteiger partial charge in [-0.05, 0) is 42.3 Å². The molecule has 0 spiro atoms. The van der Waals surface area contributed by atoms with E-state index >= 15 is 0 Å². The van der Waals surface area contributed by atoms with E-state index in [0.29, 0.717) is 36.7 Å². The number of nitrogens with two attached hydrogens (primary N) is 2. The lowest BCUT2D eigenvalue weighted by molar-refractivity contribution is -0.156. The summed E-state index contributed by atoms with van der Waals surface area (Å²) in [6, 6.07) is -1.07. The molecular formula is C23H31N11O7S3. The number of amides is 2. The molecule has 1 fully saturated rings. The number of tetrazole rings is 1. The third-order valence-electron chi connectivity index (χ3n) is 6.23. The molecule has 4 rings (SSSR count). The van der Waals surface area contributed by atoms with Gasteiger partial charge in [0, 0.05) is 29.6 Å². The summed E-state index contributed by atoms with van der Waals surface area (Å²) < 4.78 is 10.7. The first-order valence-corrected chi connectivity index (χ1v) is 16.3. The number of anilines is 1. The molecule has 0 aromatic carbocycles. The van der Waals surface area contributed by atoms with Gasteiger partial charge in [0.15, 0.2) is 5.13 Å². The topological polar surface area (TPSA) is 256 Å². The van der Waals surface area contributed by atoms with Crippen molar-refractivity contribution in [2.24, 2.45) is 10.9 Å². The number of oxime groups is 1. The predicted molar refractivity (Wildman–Crippen MR) is 159 cm³/mol. The largest absolute Gasteiger partial charge is 0.477 e. The molecule has 4 heterocycles. The lowest BCUT2D eigenvalue weighted by Gasteiger charge is -2.49. The summed E-state index contributed by atoms with van der Waals surface area (Å²) in [6.07, 6.45) is 1.03. The number of carboxylic acid groups (broad SMARTS) is 1. The highest BCUT2D eigenvalue weighted by Gasteiger charge is 2.54. The maximum atomic E-state index is 13.3. The van der Waals surface area contributed by atoms with Crippen molar-refractivity contribution in [2.75, 3.05) is 30.4 Å². The molecule has 0 aliphatic carbocycles. The van der Waals surface area contributed by atoms with Crippen molar-refractivity contribution in [2.45, 2.75) is 62.3 Å². The highest BCUT2D eigenvalue weighted by molar-refractivity contribution is 8.01. The molecule has 18 nitrogen and oxygen atoms in total. The summed E-state index contributed by atoms with van der Waals surface area (Å²) in [6.45, 7) is 4.54. The Morgan fingerprint density at radius 2 is 2.11 bits per heavy atom. The monoisotopic (exact) mass is 669 g/mol. The van der Waals surface area contributed by atoms with Crippen LogP contribution >= 0.6 is 35.1 Å². The molecule has 6 N–H and O–H groups in total. The number of ether oxygens (including phenoxy) is 1. The van der Waals surface area contributed by atoms with Gasteiger partial charge in [-0.2, -0.15) is 9.36 Å². The van der Waals surface area contributed by atoms with Gasteiger partial charge in [0.1, 0.15) is 17.1 Å². The van der Waals surface area contributed by atoms with Crippen LogP contribution in [0.5, 0.6) is 0 Å². The normalized spacial score (nSPS) is 18.8. The van der Waals surface area contributed by atoms with Gasteiger partial charge in [0.05, 0.1) is 6.61 Å². The van der Waals surface area contributed by atoms with E-state index in [-0.39, 0.29) is 34.8 Å². The first kappa shape index (κ1) is 33.1. The number of hydrogen-bond acceptors (Lipinski definition) is 17. The number of rotatable bonds is 16. The number of aryl methyl sites for hydroxylation is 1. The fourth-order valence-electron chi connectivity index (χ4n) is 3.96. The average molecular weight is 670 g/mol. The number of carboxylic acids is 1. The summed E-state index contributed by atoms with van der Waals surface area (Å²) in [7, 11) is 0. The minimum atomic E-state index is -1.27. The Balaban J connectivity index is 1.45. The molecule has 21 heteroatoms. The number of β-lactam (4-membered cyclic amide) rings is 1. The number of nitrogens with one attached hydrogen (secondary N) is 1. The SMILES string of the molecule is CCCCOC(=O)C(C)O/N=C(\C(=O)NC1C(=O)N2C(C(=O)O)=C(CSc3nnnn3CCCN)CS[C@H]12)c1nsc(N)n1. The number of carbonyl (C=O) groups excluding carboxylic acids is 3. The average Bonchev–Trinajstić information content (AvgIpc) is 3.65. The predicted octanol–water partition coefficient (Wildman–Crippen LogP) is -0.561. The van der Waals surface area contributed by atoms with E-state index in [1.54, 1.807) is 4.68 Å². The lowest BCUT2D eigenvalue weighted by Crippen LogP contribution is -2.71. The smallest absolute Gasteiger partial charge is 0.352 e. The summed E-state index contributed by atoms with van der Waals surface area (Å²) in [5, 5.41) is 27.8. The van der Waals surface area contributed by atoms with Gasteiger partial charge in [-0.1, -0.05) is 30.3 Å². The Hall–Kier alpha value is -3.82. The number of thioether (sulfide) groups is 2. The van der Waals surface area contributed by atoms with Gasteiger partial charge in [-0.25, -0.2) is 14.3 Å². The molecule has 0 saturated carbocycles. The standard InChI is InChI=1S/C23H31N11O7S3/c1-3-4-8-40-21(39)11(2)41-29-13(16-27-22(25)44-30-16)17(35)26-14-18(36)34-15(20(37)38)12(9-42-19(14)34)10-43-23-28-31-32-33(23)7-5-6-24/h11,14,19H,3-10,24H2,1-2H3,(H,26,35)(H,37,38)(H2,25,27,30)/b29-13-/t11?,14?,19-/m1/s1. The Labute approximate surface area is 263 Å². The zero-order valence-corrected chi connectivity index (χ0v) is 26.2. The van der Waals surface area contributed by atoms with Gasteiger partial charge in [-0.3, -0.25) is 14.5 Å². The number of aliphatic carboxylic acids is 1. The van der Waals surface area contributed by atoms with Crippen LogP contribution in [0.2, 0.25) is 0 Å². The van der Waals surface area contributed by atoms with E-state index < -0.39 is 47.0 Å². The maximum Gasteiger partial charge on any atom is 0.352 e. The van der Waals surface area contributed by atoms with Gasteiger partial charge in [-0.15, -0.1) is 16.9 Å². The Morgan fingerprint density at radius 3 is 2.80 bits per heavy atom. The zero-order chi connectivity index (χ0) is 31.8. The molecule has 2 aliphatic heterocycles. The number of carbonyl (C=O) groups is 4. The number of fused-ring (bicyclic) bond motifs is 1. The molecule has 3 atom stereocenters. The van der Waals surface area contributed by atoms with Crippen LogP contribution in [0, 0.1) is 0 Å². The van der Waals surface area contributed by atoms with Crippen molar-refractivity contribution >= 4 is 69.7 Å². The molecule has 2 amide bonds. The summed E-state index contributed by atoms with van der Waals surface area (Å²) in [5.74, 6) is -3.10. The van der Waals surface area contributed by atoms with Crippen LogP contribution in [-0.2, 0) is 35.3 Å². The highest BCUT2D eigenvalue weighted by Crippen LogP contribution is 2.41. The summed E-state index contributed by atoms with van der Waals surface area (Å²) in [4.78, 5) is 61.3. The van der Waals surface area contributed by atoms with Crippen molar-refractivity contribution in [3.05, 3.63) is 17.1 Å². The minimum absolute atomic E-state index is 0.0521. The van der Waals surface area contributed by atoms with Crippen LogP contribution in [0.4, 0.5) is 5.13 Å². The van der Waals surface area contributed by atoms with Crippen LogP contribution in [0.25, 0.3) is 0 Å². The number of hydrogen-bond donors (Lipinski definition) is 4. The van der Waals surface area contributed by atoms with E-state index in [2.05, 4.69) is 35.4 Å². The Kier molecular flexibility index (Phi) is 11.5. The van der Waals surface area contributed by atoms with Crippen molar-refractivity contribution < 1.29 is 33.9 Å². The van der Waals surface area contributed by atoms with Crippen molar-refractivity contribution in [1.82, 2.24) is 39.8 Å². The highest BCUT2D eigenvalue weighted by atomic mass is 32.2. The Morgan fingerprint density at radius 1 is 1.32 bits per heavy atom. The van der Waals surface area contributed by atoms with Crippen LogP contribution < -0.4 is 16.8 Å². The number of unbranched alkanes of at least 4 members (excludes halogenated alkanes) is 1. The van der Waals surface area contributed by atoms with Crippen LogP contribution in [0.1, 0.15) is 38.9 Å². The molecule has 2 aliphatic rings. The maximum absolute atomic E-state index is 13.3. The molecule has 2 aromatic rings. The molecular weight excluding hydrogens is 639 g/mol. The lowest BCUT2D eigenvalue weighted by atomic mass is 10.0. The molecule has 1 saturated heterocycles. The summed E-state index contributed by atoms with van der Waals surface area (Å²) >= 11 is 3.35. The van der Waals surface area contributed by atoms with Crippen LogP contribution in [0.3, 0.4) is 0 Å². The van der Waals surface area contributed by atoms with Gasteiger partial charge in [0.2, 0.25) is 22.8 Å². The van der Waals surface area contributed by atoms with E-state index in [0.717, 1.165) is 22.9 Å². The second kappa shape index (κ2) is 15.3. The third-order valence-corrected chi connectivity index (χ3v) is 9.16. The molecule has 0 bridgehead atoms. The minimum Gasteiger partial charge on any atom is -0.477 e. The number of nitrogen functional groups attached to an aromatic ring is 1. The van der Waals surface area contributed by atoms with Crippen LogP contribution in [-0.4, -0.2) is 111 Å². The second-order valence-electron chi connectivity index (χ2n) is 9.40. The van der Waals surface area contributed by atoms with E-state index in [9.17, 15) is 24.3 Å². The first-order valence-electron chi connectivity index (χ1n) is 13.5. The Bertz CT molecular complexity index is 1450. The molecule has 44 heavy (non-hydrogen) atoms. The molecule has 0 radical (unpaired) electrons. The zero-order valence-electron chi connectivity index (χ0n) is 23.7. The second-order valence-corrected chi connectivity index (χ2v) is 12.2. The van der Waals surface area contributed by atoms with E-state index in [1.807, 2.05) is 6.92 Å². The fraction of sp³-hybridized carbons (Fsp3) is 0.565. The number of nitrogens with zero attached hydrogens (tertiary/aromatic N) is 8. The quantitative estimate of drug-likeness (QED) is 0.0436. The third kappa shape index (κ3) is 7.63. The van der Waals surface area contributed by atoms with Crippen LogP contribution in [0.15, 0.2) is 21.6 Å². The molecule has 238 valence electrons. The van der Waals surface area contributed by atoms with Gasteiger partial charge in [0.25, 0.3) is 11.8 Å². The van der Waals surface area contributed by atoms with Gasteiger partial charge >= 0.3 is 11.9 Å². The van der Waals surface area contributed by atoms with Crippen molar-refractivity contribution in [3.8, 4) is 0 Å². The molecule has 2 aromatic heterocycles.